The lowest BCUT2D eigenvalue weighted by Crippen LogP contribution is -2.05. The molecule has 0 aliphatic heterocycles. The zero-order valence-electron chi connectivity index (χ0n) is 9.65. The van der Waals surface area contributed by atoms with E-state index in [1.165, 1.54) is 6.07 Å². The molecule has 0 amide bonds. The molecular formula is C13H10Cl2N2O2. The number of benzene rings is 2. The molecule has 0 aliphatic rings. The molecule has 2 aromatic carbocycles. The first-order chi connectivity index (χ1) is 8.99. The number of halogens is 2. The molecular weight excluding hydrogens is 287 g/mol. The van der Waals surface area contributed by atoms with Crippen molar-refractivity contribution < 1.29 is 9.90 Å². The van der Waals surface area contributed by atoms with Crippen LogP contribution in [-0.2, 0) is 0 Å². The molecule has 0 bridgehead atoms. The van der Waals surface area contributed by atoms with Crippen molar-refractivity contribution in [1.29, 1.82) is 0 Å². The topological polar surface area (TPSA) is 75.4 Å². The molecule has 0 saturated carbocycles. The number of carboxylic acids is 1. The van der Waals surface area contributed by atoms with E-state index in [2.05, 4.69) is 5.32 Å². The van der Waals surface area contributed by atoms with Crippen molar-refractivity contribution in [2.75, 3.05) is 11.1 Å². The first kappa shape index (κ1) is 13.5. The van der Waals surface area contributed by atoms with Crippen molar-refractivity contribution in [1.82, 2.24) is 0 Å². The van der Waals surface area contributed by atoms with Crippen LogP contribution in [0.4, 0.5) is 17.1 Å². The molecule has 0 aliphatic carbocycles. The molecule has 0 spiro atoms. The van der Waals surface area contributed by atoms with Crippen molar-refractivity contribution in [3.63, 3.8) is 0 Å². The van der Waals surface area contributed by atoms with E-state index in [9.17, 15) is 4.79 Å². The maximum atomic E-state index is 11.1. The summed E-state index contributed by atoms with van der Waals surface area (Å²) >= 11 is 11.7. The third-order valence-electron chi connectivity index (χ3n) is 2.52. The highest BCUT2D eigenvalue weighted by molar-refractivity contribution is 6.42. The van der Waals surface area contributed by atoms with Crippen LogP contribution < -0.4 is 11.1 Å². The van der Waals surface area contributed by atoms with Gasteiger partial charge in [0.15, 0.2) is 0 Å². The second kappa shape index (κ2) is 5.38. The molecule has 0 saturated heterocycles. The number of nitrogen functional groups attached to an aromatic ring is 1. The van der Waals surface area contributed by atoms with Crippen molar-refractivity contribution >= 4 is 46.2 Å². The Kier molecular flexibility index (Phi) is 3.83. The SMILES string of the molecule is Nc1cccc(C(=O)O)c1Nc1ccc(Cl)c(Cl)c1. The van der Waals surface area contributed by atoms with E-state index < -0.39 is 5.97 Å². The van der Waals surface area contributed by atoms with Crippen LogP contribution in [0, 0.1) is 0 Å². The van der Waals surface area contributed by atoms with E-state index in [4.69, 9.17) is 34.0 Å². The average Bonchev–Trinajstić information content (AvgIpc) is 2.36. The maximum Gasteiger partial charge on any atom is 0.337 e. The molecule has 0 atom stereocenters. The number of nitrogens with two attached hydrogens (primary N) is 1. The van der Waals surface area contributed by atoms with E-state index in [1.54, 1.807) is 30.3 Å². The lowest BCUT2D eigenvalue weighted by molar-refractivity contribution is 0.0698. The Bertz CT molecular complexity index is 645. The number of nitrogens with one attached hydrogen (secondary N) is 1. The highest BCUT2D eigenvalue weighted by Crippen LogP contribution is 2.30. The fourth-order valence-corrected chi connectivity index (χ4v) is 1.90. The van der Waals surface area contributed by atoms with Gasteiger partial charge in [-0.05, 0) is 30.3 Å². The summed E-state index contributed by atoms with van der Waals surface area (Å²) in [5.41, 5.74) is 7.15. The highest BCUT2D eigenvalue weighted by atomic mass is 35.5. The largest absolute Gasteiger partial charge is 0.478 e. The fraction of sp³-hybridized carbons (Fsp3) is 0. The second-order valence-electron chi connectivity index (χ2n) is 3.83. The molecule has 6 heteroatoms. The number of hydrogen-bond acceptors (Lipinski definition) is 3. The minimum Gasteiger partial charge on any atom is -0.478 e. The summed E-state index contributed by atoms with van der Waals surface area (Å²) in [6.45, 7) is 0. The summed E-state index contributed by atoms with van der Waals surface area (Å²) in [5, 5.41) is 12.9. The summed E-state index contributed by atoms with van der Waals surface area (Å²) in [4.78, 5) is 11.1. The second-order valence-corrected chi connectivity index (χ2v) is 4.64. The smallest absolute Gasteiger partial charge is 0.337 e. The molecule has 0 unspecified atom stereocenters. The minimum atomic E-state index is -1.06. The lowest BCUT2D eigenvalue weighted by Gasteiger charge is -2.12. The van der Waals surface area contributed by atoms with Crippen molar-refractivity contribution in [2.24, 2.45) is 0 Å². The predicted molar refractivity (Wildman–Crippen MR) is 77.6 cm³/mol. The Morgan fingerprint density at radius 2 is 1.89 bits per heavy atom. The first-order valence-corrected chi connectivity index (χ1v) is 6.08. The van der Waals surface area contributed by atoms with Gasteiger partial charge in [0.2, 0.25) is 0 Å². The van der Waals surface area contributed by atoms with Gasteiger partial charge in [-0.2, -0.15) is 0 Å². The zero-order valence-corrected chi connectivity index (χ0v) is 11.2. The minimum absolute atomic E-state index is 0.0890. The number of carbonyl (C=O) groups is 1. The fourth-order valence-electron chi connectivity index (χ4n) is 1.61. The molecule has 4 nitrogen and oxygen atoms in total. The Morgan fingerprint density at radius 1 is 1.16 bits per heavy atom. The van der Waals surface area contributed by atoms with E-state index in [0.29, 0.717) is 27.1 Å². The van der Waals surface area contributed by atoms with Crippen LogP contribution in [0.25, 0.3) is 0 Å². The van der Waals surface area contributed by atoms with Crippen LogP contribution >= 0.6 is 23.2 Å². The summed E-state index contributed by atoms with van der Waals surface area (Å²) in [7, 11) is 0. The number of hydrogen-bond donors (Lipinski definition) is 3. The van der Waals surface area contributed by atoms with Gasteiger partial charge < -0.3 is 16.2 Å². The van der Waals surface area contributed by atoms with Crippen LogP contribution in [0.5, 0.6) is 0 Å². The molecule has 0 radical (unpaired) electrons. The van der Waals surface area contributed by atoms with Crippen LogP contribution in [0.15, 0.2) is 36.4 Å². The van der Waals surface area contributed by atoms with Crippen molar-refractivity contribution in [3.05, 3.63) is 52.0 Å². The van der Waals surface area contributed by atoms with E-state index in [-0.39, 0.29) is 5.56 Å². The number of para-hydroxylation sites is 1. The lowest BCUT2D eigenvalue weighted by atomic mass is 10.1. The maximum absolute atomic E-state index is 11.1. The molecule has 2 rings (SSSR count). The van der Waals surface area contributed by atoms with Gasteiger partial charge in [0.05, 0.1) is 27.0 Å². The third-order valence-corrected chi connectivity index (χ3v) is 3.26. The highest BCUT2D eigenvalue weighted by Gasteiger charge is 2.13. The average molecular weight is 297 g/mol. The van der Waals surface area contributed by atoms with Gasteiger partial charge in [-0.3, -0.25) is 0 Å². The third kappa shape index (κ3) is 2.92. The molecule has 98 valence electrons. The monoisotopic (exact) mass is 296 g/mol. The normalized spacial score (nSPS) is 10.2. The van der Waals surface area contributed by atoms with Gasteiger partial charge in [-0.1, -0.05) is 29.3 Å². The first-order valence-electron chi connectivity index (χ1n) is 5.33. The summed E-state index contributed by atoms with van der Waals surface area (Å²) in [5.74, 6) is -1.06. The molecule has 19 heavy (non-hydrogen) atoms. The van der Waals surface area contributed by atoms with E-state index in [1.807, 2.05) is 0 Å². The molecule has 0 heterocycles. The van der Waals surface area contributed by atoms with Crippen LogP contribution in [0.1, 0.15) is 10.4 Å². The van der Waals surface area contributed by atoms with Gasteiger partial charge in [-0.25, -0.2) is 4.79 Å². The number of rotatable bonds is 3. The quantitative estimate of drug-likeness (QED) is 0.748. The van der Waals surface area contributed by atoms with Gasteiger partial charge in [-0.15, -0.1) is 0 Å². The Morgan fingerprint density at radius 3 is 2.53 bits per heavy atom. The Balaban J connectivity index is 2.42. The van der Waals surface area contributed by atoms with Crippen molar-refractivity contribution in [3.8, 4) is 0 Å². The standard InChI is InChI=1S/C13H10Cl2N2O2/c14-9-5-4-7(6-10(9)15)17-12-8(13(18)19)2-1-3-11(12)16/h1-6,17H,16H2,(H,18,19). The van der Waals surface area contributed by atoms with Gasteiger partial charge >= 0.3 is 5.97 Å². The summed E-state index contributed by atoms with van der Waals surface area (Å²) in [6, 6.07) is 9.57. The zero-order chi connectivity index (χ0) is 14.0. The van der Waals surface area contributed by atoms with Gasteiger partial charge in [0, 0.05) is 5.69 Å². The Labute approximate surface area is 119 Å². The number of anilines is 3. The van der Waals surface area contributed by atoms with Gasteiger partial charge in [0.25, 0.3) is 0 Å². The van der Waals surface area contributed by atoms with E-state index >= 15 is 0 Å². The molecule has 4 N–H and O–H groups in total. The van der Waals surface area contributed by atoms with Gasteiger partial charge in [0.1, 0.15) is 0 Å². The van der Waals surface area contributed by atoms with Crippen LogP contribution in [0.2, 0.25) is 10.0 Å². The number of carboxylic acid groups (broad SMARTS) is 1. The Hall–Kier alpha value is -1.91. The molecule has 2 aromatic rings. The number of aromatic carboxylic acids is 1. The van der Waals surface area contributed by atoms with Crippen LogP contribution in [-0.4, -0.2) is 11.1 Å². The summed E-state index contributed by atoms with van der Waals surface area (Å²) in [6.07, 6.45) is 0. The molecule has 0 fully saturated rings. The van der Waals surface area contributed by atoms with Crippen molar-refractivity contribution in [2.45, 2.75) is 0 Å². The molecule has 0 aromatic heterocycles. The van der Waals surface area contributed by atoms with E-state index in [0.717, 1.165) is 0 Å². The summed E-state index contributed by atoms with van der Waals surface area (Å²) < 4.78 is 0. The van der Waals surface area contributed by atoms with Crippen LogP contribution in [0.3, 0.4) is 0 Å². The predicted octanol–water partition coefficient (Wildman–Crippen LogP) is 4.02.